The molecule has 0 saturated carbocycles. The first kappa shape index (κ1) is 23.8. The van der Waals surface area contributed by atoms with Crippen molar-refractivity contribution < 1.29 is 39.3 Å². The van der Waals surface area contributed by atoms with Gasteiger partial charge < -0.3 is 36.6 Å². The molecule has 0 aromatic carbocycles. The van der Waals surface area contributed by atoms with Gasteiger partial charge in [-0.1, -0.05) is 0 Å². The summed E-state index contributed by atoms with van der Waals surface area (Å²) in [5, 5.41) is 36.0. The highest BCUT2D eigenvalue weighted by Crippen LogP contribution is 1.97. The van der Waals surface area contributed by atoms with Crippen LogP contribution in [0.15, 0.2) is 0 Å². The summed E-state index contributed by atoms with van der Waals surface area (Å²) in [7, 11) is 0. The van der Waals surface area contributed by atoms with Crippen LogP contribution in [0.1, 0.15) is 13.8 Å². The van der Waals surface area contributed by atoms with Gasteiger partial charge in [0.05, 0.1) is 19.3 Å². The minimum Gasteiger partial charge on any atom is -0.480 e. The monoisotopic (exact) mass is 386 g/mol. The van der Waals surface area contributed by atoms with Crippen LogP contribution in [0.4, 0.5) is 0 Å². The van der Waals surface area contributed by atoms with Crippen molar-refractivity contribution in [1.29, 1.82) is 0 Å². The van der Waals surface area contributed by atoms with Crippen LogP contribution in [0.2, 0.25) is 0 Å². The Hall–Kier alpha value is -3.17. The van der Waals surface area contributed by atoms with Gasteiger partial charge in [-0.05, 0) is 19.8 Å². The van der Waals surface area contributed by atoms with E-state index in [1.807, 2.05) is 5.32 Å². The molecule has 0 aliphatic heterocycles. The van der Waals surface area contributed by atoms with Gasteiger partial charge in [0.2, 0.25) is 17.7 Å². The number of hydrogen-bond donors (Lipinski definition) is 7. The van der Waals surface area contributed by atoms with E-state index in [-0.39, 0.29) is 0 Å². The standard InChI is InChI=1S/C15H22N4O8/c1-4-10(22)16-5-11(23)18-9(6-20)13(24)19-12(8(3)21)14(25)17-7(2)15(26)27/h1,7-9,12,20-21H,5-6H2,2-3H3,(H,16,22)(H,17,25)(H,18,23)(H,19,24)(H,26,27)/t7-,8+,9-,12-/m0/s1. The van der Waals surface area contributed by atoms with E-state index in [1.54, 1.807) is 5.92 Å². The number of amides is 4. The summed E-state index contributed by atoms with van der Waals surface area (Å²) in [6.45, 7) is 0.962. The molecule has 4 amide bonds. The van der Waals surface area contributed by atoms with Crippen molar-refractivity contribution in [3.63, 3.8) is 0 Å². The lowest BCUT2D eigenvalue weighted by atomic mass is 10.1. The molecule has 4 atom stereocenters. The van der Waals surface area contributed by atoms with Crippen LogP contribution in [0.3, 0.4) is 0 Å². The molecular formula is C15H22N4O8. The second kappa shape index (κ2) is 11.4. The summed E-state index contributed by atoms with van der Waals surface area (Å²) >= 11 is 0. The molecule has 0 saturated heterocycles. The third-order valence-electron chi connectivity index (χ3n) is 3.17. The smallest absolute Gasteiger partial charge is 0.325 e. The molecule has 0 spiro atoms. The molecule has 12 heteroatoms. The molecule has 0 aromatic rings. The highest BCUT2D eigenvalue weighted by molar-refractivity contribution is 5.97. The predicted octanol–water partition coefficient (Wildman–Crippen LogP) is -4.33. The van der Waals surface area contributed by atoms with E-state index in [4.69, 9.17) is 11.5 Å². The number of carbonyl (C=O) groups is 5. The molecule has 27 heavy (non-hydrogen) atoms. The number of aliphatic hydroxyl groups is 2. The number of hydrogen-bond acceptors (Lipinski definition) is 7. The van der Waals surface area contributed by atoms with Crippen LogP contribution in [0.25, 0.3) is 0 Å². The highest BCUT2D eigenvalue weighted by atomic mass is 16.4. The zero-order valence-electron chi connectivity index (χ0n) is 14.7. The van der Waals surface area contributed by atoms with Gasteiger partial charge in [-0.15, -0.1) is 6.42 Å². The van der Waals surface area contributed by atoms with E-state index in [0.29, 0.717) is 0 Å². The summed E-state index contributed by atoms with van der Waals surface area (Å²) in [6, 6.07) is -4.30. The maximum atomic E-state index is 12.1. The largest absolute Gasteiger partial charge is 0.480 e. The molecule has 0 aliphatic rings. The average molecular weight is 386 g/mol. The van der Waals surface area contributed by atoms with Gasteiger partial charge in [0.25, 0.3) is 5.91 Å². The fraction of sp³-hybridized carbons (Fsp3) is 0.533. The van der Waals surface area contributed by atoms with Gasteiger partial charge in [0.1, 0.15) is 18.1 Å². The van der Waals surface area contributed by atoms with Crippen LogP contribution in [-0.2, 0) is 24.0 Å². The van der Waals surface area contributed by atoms with E-state index in [0.717, 1.165) is 0 Å². The van der Waals surface area contributed by atoms with Gasteiger partial charge in [0.15, 0.2) is 0 Å². The maximum Gasteiger partial charge on any atom is 0.325 e. The minimum absolute atomic E-state index is 0.552. The predicted molar refractivity (Wildman–Crippen MR) is 89.7 cm³/mol. The molecule has 0 aromatic heterocycles. The van der Waals surface area contributed by atoms with Gasteiger partial charge in [0, 0.05) is 0 Å². The Kier molecular flexibility index (Phi) is 10.1. The van der Waals surface area contributed by atoms with Crippen molar-refractivity contribution in [3.8, 4) is 12.3 Å². The third-order valence-corrected chi connectivity index (χ3v) is 3.17. The molecule has 0 bridgehead atoms. The topological polar surface area (TPSA) is 194 Å². The summed E-state index contributed by atoms with van der Waals surface area (Å²) in [4.78, 5) is 57.4. The number of aliphatic carboxylic acids is 1. The van der Waals surface area contributed by atoms with Crippen molar-refractivity contribution in [1.82, 2.24) is 21.3 Å². The highest BCUT2D eigenvalue weighted by Gasteiger charge is 2.30. The fourth-order valence-electron chi connectivity index (χ4n) is 1.68. The molecule has 7 N–H and O–H groups in total. The number of carbonyl (C=O) groups excluding carboxylic acids is 4. The van der Waals surface area contributed by atoms with Crippen LogP contribution >= 0.6 is 0 Å². The van der Waals surface area contributed by atoms with Crippen molar-refractivity contribution in [2.24, 2.45) is 0 Å². The van der Waals surface area contributed by atoms with E-state index in [9.17, 15) is 34.2 Å². The summed E-state index contributed by atoms with van der Waals surface area (Å²) in [5.74, 6) is -3.30. The molecule has 0 radical (unpaired) electrons. The van der Waals surface area contributed by atoms with Crippen LogP contribution in [0, 0.1) is 12.3 Å². The Morgan fingerprint density at radius 1 is 1.04 bits per heavy atom. The lowest BCUT2D eigenvalue weighted by molar-refractivity contribution is -0.142. The molecule has 150 valence electrons. The summed E-state index contributed by atoms with van der Waals surface area (Å²) in [5.41, 5.74) is 0. The van der Waals surface area contributed by atoms with Crippen LogP contribution in [0.5, 0.6) is 0 Å². The van der Waals surface area contributed by atoms with E-state index < -0.39 is 67.0 Å². The zero-order chi connectivity index (χ0) is 21.1. The maximum absolute atomic E-state index is 12.1. The number of terminal acetylenes is 1. The van der Waals surface area contributed by atoms with Crippen molar-refractivity contribution >= 4 is 29.6 Å². The molecule has 0 rings (SSSR count). The van der Waals surface area contributed by atoms with E-state index >= 15 is 0 Å². The number of carboxylic acid groups (broad SMARTS) is 1. The average Bonchev–Trinajstić information content (AvgIpc) is 2.60. The normalized spacial score (nSPS) is 14.5. The molecule has 0 unspecified atom stereocenters. The van der Waals surface area contributed by atoms with E-state index in [1.165, 1.54) is 13.8 Å². The van der Waals surface area contributed by atoms with Crippen LogP contribution < -0.4 is 21.3 Å². The quantitative estimate of drug-likeness (QED) is 0.183. The molecule has 0 heterocycles. The Morgan fingerprint density at radius 2 is 1.63 bits per heavy atom. The third kappa shape index (κ3) is 8.66. The van der Waals surface area contributed by atoms with Crippen molar-refractivity contribution in [3.05, 3.63) is 0 Å². The van der Waals surface area contributed by atoms with Crippen molar-refractivity contribution in [2.45, 2.75) is 38.1 Å². The number of aliphatic hydroxyl groups excluding tert-OH is 2. The van der Waals surface area contributed by atoms with Gasteiger partial charge in [-0.2, -0.15) is 0 Å². The lowest BCUT2D eigenvalue weighted by Crippen LogP contribution is -2.59. The number of rotatable bonds is 10. The fourth-order valence-corrected chi connectivity index (χ4v) is 1.68. The number of carboxylic acids is 1. The SMILES string of the molecule is C#CC(=O)NCC(=O)N[C@@H](CO)C(=O)N[C@H](C(=O)N[C@@H](C)C(=O)O)[C@@H](C)O. The van der Waals surface area contributed by atoms with Gasteiger partial charge >= 0.3 is 5.97 Å². The van der Waals surface area contributed by atoms with Gasteiger partial charge in [-0.25, -0.2) is 0 Å². The minimum atomic E-state index is -1.54. The summed E-state index contributed by atoms with van der Waals surface area (Å²) in [6.07, 6.45) is 3.40. The van der Waals surface area contributed by atoms with Crippen molar-refractivity contribution in [2.75, 3.05) is 13.2 Å². The Morgan fingerprint density at radius 3 is 2.07 bits per heavy atom. The number of nitrogens with one attached hydrogen (secondary N) is 4. The van der Waals surface area contributed by atoms with Crippen LogP contribution in [-0.4, -0.2) is 82.3 Å². The Labute approximate surface area is 154 Å². The Balaban J connectivity index is 4.90. The van der Waals surface area contributed by atoms with Gasteiger partial charge in [-0.3, -0.25) is 24.0 Å². The molecule has 0 fully saturated rings. The second-order valence-electron chi connectivity index (χ2n) is 5.43. The molecule has 0 aliphatic carbocycles. The van der Waals surface area contributed by atoms with E-state index in [2.05, 4.69) is 16.0 Å². The Bertz CT molecular complexity index is 628. The molecular weight excluding hydrogens is 364 g/mol. The summed E-state index contributed by atoms with van der Waals surface area (Å²) < 4.78 is 0. The first-order valence-corrected chi connectivity index (χ1v) is 7.69. The zero-order valence-corrected chi connectivity index (χ0v) is 14.7. The first-order valence-electron chi connectivity index (χ1n) is 7.69. The second-order valence-corrected chi connectivity index (χ2v) is 5.43. The first-order chi connectivity index (χ1) is 12.5. The lowest BCUT2D eigenvalue weighted by Gasteiger charge is -2.24. The molecule has 12 nitrogen and oxygen atoms in total.